The molecule has 1 atom stereocenters. The average molecular weight is 564 g/mol. The third-order valence-electron chi connectivity index (χ3n) is 7.99. The Morgan fingerprint density at radius 3 is 2.45 bits per heavy atom. The van der Waals surface area contributed by atoms with Crippen molar-refractivity contribution in [3.63, 3.8) is 0 Å². The van der Waals surface area contributed by atoms with Crippen LogP contribution in [0.3, 0.4) is 0 Å². The van der Waals surface area contributed by atoms with Gasteiger partial charge in [0.1, 0.15) is 5.82 Å². The van der Waals surface area contributed by atoms with E-state index in [0.29, 0.717) is 45.9 Å². The molecule has 4 aromatic rings. The van der Waals surface area contributed by atoms with Crippen molar-refractivity contribution in [3.05, 3.63) is 95.4 Å². The zero-order valence-corrected chi connectivity index (χ0v) is 23.4. The van der Waals surface area contributed by atoms with Gasteiger partial charge in [0.2, 0.25) is 0 Å². The number of hydrogen-bond acceptors (Lipinski definition) is 5. The molecule has 1 unspecified atom stereocenters. The van der Waals surface area contributed by atoms with E-state index >= 15 is 0 Å². The molecule has 0 aliphatic carbocycles. The highest BCUT2D eigenvalue weighted by Crippen LogP contribution is 2.33. The highest BCUT2D eigenvalue weighted by atomic mass is 32.2. The summed E-state index contributed by atoms with van der Waals surface area (Å²) < 4.78 is 51.2. The van der Waals surface area contributed by atoms with Crippen LogP contribution in [-0.2, 0) is 21.4 Å². The lowest BCUT2D eigenvalue weighted by Crippen LogP contribution is -2.56. The molecule has 0 amide bonds. The summed E-state index contributed by atoms with van der Waals surface area (Å²) in [6, 6.07) is 20.8. The van der Waals surface area contributed by atoms with Crippen molar-refractivity contribution >= 4 is 21.1 Å². The van der Waals surface area contributed by atoms with Crippen molar-refractivity contribution in [3.8, 4) is 5.69 Å². The van der Waals surface area contributed by atoms with Crippen molar-refractivity contribution in [1.82, 2.24) is 23.3 Å². The second kappa shape index (κ2) is 11.4. The van der Waals surface area contributed by atoms with E-state index in [1.807, 2.05) is 16.9 Å². The number of ether oxygens (including phenoxy) is 1. The molecule has 210 valence electrons. The molecule has 0 radical (unpaired) electrons. The van der Waals surface area contributed by atoms with Crippen LogP contribution in [0.5, 0.6) is 0 Å². The Morgan fingerprint density at radius 1 is 0.950 bits per heavy atom. The highest BCUT2D eigenvalue weighted by molar-refractivity contribution is 7.86. The molecule has 2 aliphatic rings. The zero-order valence-electron chi connectivity index (χ0n) is 22.6. The molecule has 3 heterocycles. The maximum Gasteiger partial charge on any atom is 0.282 e. The van der Waals surface area contributed by atoms with E-state index in [-0.39, 0.29) is 11.9 Å². The molecule has 40 heavy (non-hydrogen) atoms. The summed E-state index contributed by atoms with van der Waals surface area (Å²) in [5.41, 5.74) is 5.14. The van der Waals surface area contributed by atoms with Gasteiger partial charge in [-0.05, 0) is 66.4 Å². The Hall–Kier alpha value is -3.15. The van der Waals surface area contributed by atoms with E-state index in [2.05, 4.69) is 53.3 Å². The summed E-state index contributed by atoms with van der Waals surface area (Å²) in [6.45, 7) is 5.99. The molecule has 2 aliphatic heterocycles. The molecule has 0 N–H and O–H groups in total. The first-order chi connectivity index (χ1) is 19.4. The van der Waals surface area contributed by atoms with Gasteiger partial charge in [0.25, 0.3) is 10.2 Å². The molecule has 1 aromatic heterocycles. The number of piperazine rings is 1. The molecule has 8 nitrogen and oxygen atoms in total. The smallest absolute Gasteiger partial charge is 0.282 e. The molecule has 2 saturated heterocycles. The highest BCUT2D eigenvalue weighted by Gasteiger charge is 2.38. The first-order valence-corrected chi connectivity index (χ1v) is 15.1. The predicted molar refractivity (Wildman–Crippen MR) is 153 cm³/mol. The molecule has 10 heteroatoms. The summed E-state index contributed by atoms with van der Waals surface area (Å²) in [4.78, 5) is 2.41. The molecule has 3 aromatic carbocycles. The van der Waals surface area contributed by atoms with Gasteiger partial charge >= 0.3 is 0 Å². The van der Waals surface area contributed by atoms with Gasteiger partial charge in [-0.1, -0.05) is 30.3 Å². The van der Waals surface area contributed by atoms with E-state index < -0.39 is 10.2 Å². The molecule has 0 spiro atoms. The summed E-state index contributed by atoms with van der Waals surface area (Å²) >= 11 is 0. The minimum Gasteiger partial charge on any atom is -0.379 e. The van der Waals surface area contributed by atoms with Gasteiger partial charge in [0.05, 0.1) is 30.6 Å². The molecule has 6 rings (SSSR count). The lowest BCUT2D eigenvalue weighted by atomic mass is 9.96. The Kier molecular flexibility index (Phi) is 7.69. The molecular formula is C30H34FN5O3S. The lowest BCUT2D eigenvalue weighted by Gasteiger charge is -2.43. The Bertz CT molecular complexity index is 1570. The average Bonchev–Trinajstić information content (AvgIpc) is 3.39. The standard InChI is InChI=1S/C30H34FN5O3S/c1-23-19-29-25(21-32-36(29)27-9-7-26(31)8-10-27)20-28(23)30-22-35(40(37,38)34-15-17-39-18-16-34)14-13-33(30)12-11-24-5-3-2-4-6-24/h2-10,19-21,30H,11-18,22H2,1H3. The monoisotopic (exact) mass is 563 g/mol. The minimum absolute atomic E-state index is 0.105. The quantitative estimate of drug-likeness (QED) is 0.341. The predicted octanol–water partition coefficient (Wildman–Crippen LogP) is 3.95. The number of halogens is 1. The summed E-state index contributed by atoms with van der Waals surface area (Å²) in [5.74, 6) is -0.289. The van der Waals surface area contributed by atoms with E-state index in [1.54, 1.807) is 20.7 Å². The normalized spacial score (nSPS) is 19.8. The van der Waals surface area contributed by atoms with Crippen molar-refractivity contribution in [2.45, 2.75) is 19.4 Å². The second-order valence-electron chi connectivity index (χ2n) is 10.5. The van der Waals surface area contributed by atoms with Crippen molar-refractivity contribution in [2.75, 3.05) is 52.5 Å². The van der Waals surface area contributed by atoms with Gasteiger partial charge in [-0.3, -0.25) is 4.90 Å². The topological polar surface area (TPSA) is 70.9 Å². The van der Waals surface area contributed by atoms with Gasteiger partial charge in [0.15, 0.2) is 0 Å². The first kappa shape index (κ1) is 27.0. The van der Waals surface area contributed by atoms with Crippen molar-refractivity contribution in [2.24, 2.45) is 0 Å². The number of fused-ring (bicyclic) bond motifs is 1. The van der Waals surface area contributed by atoms with E-state index in [9.17, 15) is 12.8 Å². The number of hydrogen-bond donors (Lipinski definition) is 0. The number of morpholine rings is 1. The van der Waals surface area contributed by atoms with E-state index in [0.717, 1.165) is 40.7 Å². The fraction of sp³-hybridized carbons (Fsp3) is 0.367. The summed E-state index contributed by atoms with van der Waals surface area (Å²) in [5, 5.41) is 5.55. The van der Waals surface area contributed by atoms with E-state index in [4.69, 9.17) is 4.74 Å². The first-order valence-electron chi connectivity index (χ1n) is 13.8. The Balaban J connectivity index is 1.33. The SMILES string of the molecule is Cc1cc2c(cnn2-c2ccc(F)cc2)cc1C1CN(S(=O)(=O)N2CCOCC2)CCN1CCc1ccccc1. The van der Waals surface area contributed by atoms with Crippen molar-refractivity contribution < 1.29 is 17.5 Å². The summed E-state index contributed by atoms with van der Waals surface area (Å²) in [7, 11) is -3.59. The van der Waals surface area contributed by atoms with Gasteiger partial charge in [-0.2, -0.15) is 22.1 Å². The van der Waals surface area contributed by atoms with Crippen molar-refractivity contribution in [1.29, 1.82) is 0 Å². The van der Waals surface area contributed by atoms with Crippen LogP contribution >= 0.6 is 0 Å². The van der Waals surface area contributed by atoms with Crippen LogP contribution in [0.1, 0.15) is 22.7 Å². The second-order valence-corrected chi connectivity index (χ2v) is 12.4. The van der Waals surface area contributed by atoms with Crippen LogP contribution in [0.25, 0.3) is 16.6 Å². The Labute approximate surface area is 234 Å². The largest absolute Gasteiger partial charge is 0.379 e. The number of nitrogens with zero attached hydrogens (tertiary/aromatic N) is 5. The van der Waals surface area contributed by atoms with Crippen LogP contribution in [0.15, 0.2) is 72.9 Å². The number of rotatable bonds is 7. The molecular weight excluding hydrogens is 529 g/mol. The van der Waals surface area contributed by atoms with Crippen LogP contribution in [0.2, 0.25) is 0 Å². The third kappa shape index (κ3) is 5.42. The van der Waals surface area contributed by atoms with Gasteiger partial charge in [-0.15, -0.1) is 0 Å². The van der Waals surface area contributed by atoms with Gasteiger partial charge < -0.3 is 4.74 Å². The lowest BCUT2D eigenvalue weighted by molar-refractivity contribution is 0.0651. The molecule has 0 bridgehead atoms. The third-order valence-corrected chi connectivity index (χ3v) is 10.00. The Morgan fingerprint density at radius 2 is 1.70 bits per heavy atom. The van der Waals surface area contributed by atoms with Gasteiger partial charge in [0, 0.05) is 50.7 Å². The van der Waals surface area contributed by atoms with Crippen LogP contribution in [0.4, 0.5) is 4.39 Å². The maximum atomic E-state index is 13.6. The van der Waals surface area contributed by atoms with Crippen LogP contribution in [-0.4, -0.2) is 84.2 Å². The minimum atomic E-state index is -3.59. The molecule has 2 fully saturated rings. The number of aromatic nitrogens is 2. The fourth-order valence-electron chi connectivity index (χ4n) is 5.77. The fourth-order valence-corrected chi connectivity index (χ4v) is 7.35. The van der Waals surface area contributed by atoms with E-state index in [1.165, 1.54) is 17.7 Å². The summed E-state index contributed by atoms with van der Waals surface area (Å²) in [6.07, 6.45) is 2.71. The zero-order chi connectivity index (χ0) is 27.7. The maximum absolute atomic E-state index is 13.6. The number of benzene rings is 3. The van der Waals surface area contributed by atoms with Gasteiger partial charge in [-0.25, -0.2) is 9.07 Å². The van der Waals surface area contributed by atoms with Crippen LogP contribution in [0, 0.1) is 12.7 Å². The molecule has 0 saturated carbocycles. The van der Waals surface area contributed by atoms with Crippen LogP contribution < -0.4 is 0 Å². The number of aryl methyl sites for hydroxylation is 1.